The average Bonchev–Trinajstić information content (AvgIpc) is 2.95. The molecule has 106 valence electrons. The van der Waals surface area contributed by atoms with Crippen LogP contribution in [0.5, 0.6) is 0 Å². The molecule has 0 radical (unpaired) electrons. The van der Waals surface area contributed by atoms with E-state index in [9.17, 15) is 9.59 Å². The zero-order valence-electron chi connectivity index (χ0n) is 11.1. The second-order valence-electron chi connectivity index (χ2n) is 4.09. The van der Waals surface area contributed by atoms with Crippen LogP contribution in [-0.4, -0.2) is 48.1 Å². The molecule has 2 aromatic rings. The third kappa shape index (κ3) is 2.51. The van der Waals surface area contributed by atoms with E-state index in [4.69, 9.17) is 5.11 Å². The summed E-state index contributed by atoms with van der Waals surface area (Å²) in [5.74, 6) is -1.47. The fourth-order valence-electron chi connectivity index (χ4n) is 1.80. The topological polar surface area (TPSA) is 115 Å². The van der Waals surface area contributed by atoms with E-state index in [1.807, 2.05) is 0 Å². The zero-order chi connectivity index (χ0) is 14.7. The van der Waals surface area contributed by atoms with Crippen LogP contribution in [0.15, 0.2) is 12.5 Å². The molecule has 2 rings (SSSR count). The lowest BCUT2D eigenvalue weighted by Gasteiger charge is -2.07. The highest BCUT2D eigenvalue weighted by Crippen LogP contribution is 2.21. The number of hydrogen-bond donors (Lipinski definition) is 2. The molecule has 2 N–H and O–H groups in total. The van der Waals surface area contributed by atoms with Crippen molar-refractivity contribution in [3.8, 4) is 11.4 Å². The van der Waals surface area contributed by atoms with Crippen LogP contribution in [0.4, 0.5) is 0 Å². The number of aromatic carboxylic acids is 1. The fraction of sp³-hybridized carbons (Fsp3) is 0.364. The first-order valence-corrected chi connectivity index (χ1v) is 5.94. The minimum absolute atomic E-state index is 0.103. The normalized spacial score (nSPS) is 10.5. The van der Waals surface area contributed by atoms with Crippen LogP contribution in [0, 0.1) is 0 Å². The van der Waals surface area contributed by atoms with E-state index >= 15 is 0 Å². The zero-order valence-corrected chi connectivity index (χ0v) is 11.1. The van der Waals surface area contributed by atoms with E-state index in [1.54, 1.807) is 18.5 Å². The smallest absolute Gasteiger partial charge is 0.358 e. The van der Waals surface area contributed by atoms with Crippen LogP contribution in [0.25, 0.3) is 11.4 Å². The van der Waals surface area contributed by atoms with Crippen molar-refractivity contribution in [3.63, 3.8) is 0 Å². The molecule has 2 aromatic heterocycles. The van der Waals surface area contributed by atoms with E-state index < -0.39 is 5.97 Å². The van der Waals surface area contributed by atoms with Gasteiger partial charge < -0.3 is 15.0 Å². The van der Waals surface area contributed by atoms with E-state index in [0.717, 1.165) is 0 Å². The lowest BCUT2D eigenvalue weighted by molar-refractivity contribution is -0.121. The van der Waals surface area contributed by atoms with Crippen molar-refractivity contribution in [3.05, 3.63) is 18.2 Å². The fourth-order valence-corrected chi connectivity index (χ4v) is 1.80. The highest BCUT2D eigenvalue weighted by atomic mass is 16.4. The van der Waals surface area contributed by atoms with Gasteiger partial charge in [0.2, 0.25) is 5.91 Å². The molecule has 0 fully saturated rings. The van der Waals surface area contributed by atoms with Gasteiger partial charge in [-0.25, -0.2) is 14.5 Å². The Hall–Kier alpha value is -2.71. The van der Waals surface area contributed by atoms with Crippen LogP contribution >= 0.6 is 0 Å². The largest absolute Gasteiger partial charge is 0.476 e. The first-order chi connectivity index (χ1) is 9.54. The van der Waals surface area contributed by atoms with Crippen molar-refractivity contribution >= 4 is 11.9 Å². The number of aryl methyl sites for hydroxylation is 1. The Morgan fingerprint density at radius 1 is 1.45 bits per heavy atom. The maximum absolute atomic E-state index is 11.6. The van der Waals surface area contributed by atoms with Crippen molar-refractivity contribution in [1.29, 1.82) is 0 Å². The second kappa shape index (κ2) is 5.51. The molecular weight excluding hydrogens is 264 g/mol. The maximum Gasteiger partial charge on any atom is 0.358 e. The second-order valence-corrected chi connectivity index (χ2v) is 4.09. The third-order valence-electron chi connectivity index (χ3n) is 2.66. The van der Waals surface area contributed by atoms with E-state index in [0.29, 0.717) is 12.2 Å². The molecular formula is C11H14N6O3. The molecule has 0 bridgehead atoms. The van der Waals surface area contributed by atoms with Crippen LogP contribution < -0.4 is 5.32 Å². The Morgan fingerprint density at radius 2 is 2.20 bits per heavy atom. The number of likely N-dealkylation sites (N-methyl/N-ethyl adjacent to an activating group) is 1. The Morgan fingerprint density at radius 3 is 2.75 bits per heavy atom. The van der Waals surface area contributed by atoms with Crippen molar-refractivity contribution in [1.82, 2.24) is 29.9 Å². The van der Waals surface area contributed by atoms with Gasteiger partial charge in [0.15, 0.2) is 5.69 Å². The molecule has 0 unspecified atom stereocenters. The summed E-state index contributed by atoms with van der Waals surface area (Å²) in [7, 11) is 1.72. The van der Waals surface area contributed by atoms with Crippen LogP contribution in [0.1, 0.15) is 17.4 Å². The van der Waals surface area contributed by atoms with Gasteiger partial charge >= 0.3 is 5.97 Å². The predicted octanol–water partition coefficient (Wildman–Crippen LogP) is -0.487. The molecule has 0 aliphatic carbocycles. The molecule has 9 nitrogen and oxygen atoms in total. The minimum atomic E-state index is -1.21. The molecule has 0 aliphatic heterocycles. The molecule has 1 amide bonds. The summed E-state index contributed by atoms with van der Waals surface area (Å²) in [5.41, 5.74) is 0.568. The van der Waals surface area contributed by atoms with Crippen molar-refractivity contribution in [2.75, 3.05) is 6.54 Å². The van der Waals surface area contributed by atoms with Gasteiger partial charge in [0.05, 0.1) is 18.2 Å². The molecule has 9 heteroatoms. The highest BCUT2D eigenvalue weighted by Gasteiger charge is 2.23. The predicted molar refractivity (Wildman–Crippen MR) is 67.9 cm³/mol. The van der Waals surface area contributed by atoms with Gasteiger partial charge in [-0.2, -0.15) is 0 Å². The van der Waals surface area contributed by atoms with Gasteiger partial charge in [-0.15, -0.1) is 5.10 Å². The molecule has 2 heterocycles. The number of carboxylic acid groups (broad SMARTS) is 1. The summed E-state index contributed by atoms with van der Waals surface area (Å²) in [5, 5.41) is 19.1. The Labute approximate surface area is 114 Å². The number of carbonyl (C=O) groups is 2. The monoisotopic (exact) mass is 278 g/mol. The lowest BCUT2D eigenvalue weighted by Crippen LogP contribution is -2.28. The van der Waals surface area contributed by atoms with Crippen LogP contribution in [-0.2, 0) is 18.4 Å². The third-order valence-corrected chi connectivity index (χ3v) is 2.66. The SMILES string of the molecule is CCNC(=O)Cn1nnc(C(=O)O)c1-c1cncn1C. The van der Waals surface area contributed by atoms with Crippen LogP contribution in [0.3, 0.4) is 0 Å². The van der Waals surface area contributed by atoms with Crippen LogP contribution in [0.2, 0.25) is 0 Å². The Balaban J connectivity index is 2.46. The number of carboxylic acids is 1. The number of aromatic nitrogens is 5. The van der Waals surface area contributed by atoms with Crippen molar-refractivity contribution in [2.24, 2.45) is 7.05 Å². The summed E-state index contributed by atoms with van der Waals surface area (Å²) in [6.07, 6.45) is 3.03. The molecule has 0 saturated heterocycles. The summed E-state index contributed by atoms with van der Waals surface area (Å²) in [6.45, 7) is 2.18. The van der Waals surface area contributed by atoms with E-state index in [-0.39, 0.29) is 23.8 Å². The van der Waals surface area contributed by atoms with Gasteiger partial charge in [-0.3, -0.25) is 4.79 Å². The Bertz CT molecular complexity index is 644. The first-order valence-electron chi connectivity index (χ1n) is 5.94. The molecule has 0 atom stereocenters. The van der Waals surface area contributed by atoms with Gasteiger partial charge in [0.25, 0.3) is 0 Å². The summed E-state index contributed by atoms with van der Waals surface area (Å²) in [4.78, 5) is 26.8. The number of nitrogens with zero attached hydrogens (tertiary/aromatic N) is 5. The van der Waals surface area contributed by atoms with Gasteiger partial charge in [-0.05, 0) is 6.92 Å². The maximum atomic E-state index is 11.6. The summed E-state index contributed by atoms with van der Waals surface area (Å²) >= 11 is 0. The highest BCUT2D eigenvalue weighted by molar-refractivity contribution is 5.92. The number of nitrogens with one attached hydrogen (secondary N) is 1. The first kappa shape index (κ1) is 13.7. The quantitative estimate of drug-likeness (QED) is 0.762. The number of amides is 1. The van der Waals surface area contributed by atoms with Gasteiger partial charge in [0, 0.05) is 13.6 Å². The number of hydrogen-bond acceptors (Lipinski definition) is 5. The van der Waals surface area contributed by atoms with E-state index in [2.05, 4.69) is 20.6 Å². The van der Waals surface area contributed by atoms with Gasteiger partial charge in [0.1, 0.15) is 12.2 Å². The lowest BCUT2D eigenvalue weighted by atomic mass is 10.2. The molecule has 20 heavy (non-hydrogen) atoms. The van der Waals surface area contributed by atoms with Crippen molar-refractivity contribution < 1.29 is 14.7 Å². The molecule has 0 saturated carbocycles. The standard InChI is InChI=1S/C11H14N6O3/c1-3-13-8(18)5-17-10(7-4-12-6-16(7)2)9(11(19)20)14-15-17/h4,6H,3,5H2,1-2H3,(H,13,18)(H,19,20). The number of carbonyl (C=O) groups excluding carboxylic acids is 1. The van der Waals surface area contributed by atoms with Crippen molar-refractivity contribution in [2.45, 2.75) is 13.5 Å². The molecule has 0 aromatic carbocycles. The molecule has 0 spiro atoms. The summed E-state index contributed by atoms with van der Waals surface area (Å²) in [6, 6.07) is 0. The Kier molecular flexibility index (Phi) is 3.78. The number of rotatable bonds is 5. The average molecular weight is 278 g/mol. The minimum Gasteiger partial charge on any atom is -0.476 e. The molecule has 0 aliphatic rings. The van der Waals surface area contributed by atoms with E-state index in [1.165, 1.54) is 17.2 Å². The number of imidazole rings is 1. The summed E-state index contributed by atoms with van der Waals surface area (Å²) < 4.78 is 2.89. The van der Waals surface area contributed by atoms with Gasteiger partial charge in [-0.1, -0.05) is 5.21 Å².